The van der Waals surface area contributed by atoms with Crippen molar-refractivity contribution in [3.8, 4) is 0 Å². The number of hydrogen-bond donors (Lipinski definition) is 1. The van der Waals surface area contributed by atoms with Crippen LogP contribution in [0.25, 0.3) is 0 Å². The maximum absolute atomic E-state index is 13.2. The quantitative estimate of drug-likeness (QED) is 0.851. The van der Waals surface area contributed by atoms with Gasteiger partial charge in [0.15, 0.2) is 5.11 Å². The zero-order valence-electron chi connectivity index (χ0n) is 12.3. The first-order chi connectivity index (χ1) is 10.1. The van der Waals surface area contributed by atoms with Crippen LogP contribution in [0.2, 0.25) is 0 Å². The minimum atomic E-state index is -0.226. The van der Waals surface area contributed by atoms with Gasteiger partial charge in [-0.2, -0.15) is 0 Å². The molecular formula is C17H19FN2S. The van der Waals surface area contributed by atoms with E-state index < -0.39 is 0 Å². The summed E-state index contributed by atoms with van der Waals surface area (Å²) in [7, 11) is 1.89. The number of nitrogens with zero attached hydrogens (tertiary/aromatic N) is 1. The van der Waals surface area contributed by atoms with E-state index in [0.29, 0.717) is 11.7 Å². The first-order valence-corrected chi connectivity index (χ1v) is 7.35. The summed E-state index contributed by atoms with van der Waals surface area (Å²) >= 11 is 5.39. The molecule has 110 valence electrons. The van der Waals surface area contributed by atoms with E-state index >= 15 is 0 Å². The van der Waals surface area contributed by atoms with Crippen molar-refractivity contribution in [2.75, 3.05) is 12.4 Å². The Kier molecular flexibility index (Phi) is 5.28. The van der Waals surface area contributed by atoms with Gasteiger partial charge in [-0.3, -0.25) is 0 Å². The minimum absolute atomic E-state index is 0.226. The molecule has 2 aromatic carbocycles. The highest BCUT2D eigenvalue weighted by Gasteiger charge is 2.06. The van der Waals surface area contributed by atoms with Crippen LogP contribution in [0.1, 0.15) is 18.1 Å². The smallest absolute Gasteiger partial charge is 0.173 e. The molecule has 0 heterocycles. The molecule has 0 radical (unpaired) electrons. The fraction of sp³-hybridized carbons (Fsp3) is 0.235. The molecule has 2 aromatic rings. The number of rotatable bonds is 4. The number of benzene rings is 2. The summed E-state index contributed by atoms with van der Waals surface area (Å²) in [5.74, 6) is -0.226. The van der Waals surface area contributed by atoms with E-state index in [9.17, 15) is 4.39 Å². The van der Waals surface area contributed by atoms with Gasteiger partial charge in [0.05, 0.1) is 0 Å². The van der Waals surface area contributed by atoms with Gasteiger partial charge in [0.2, 0.25) is 0 Å². The van der Waals surface area contributed by atoms with Crippen LogP contribution in [0.3, 0.4) is 0 Å². The molecule has 0 aromatic heterocycles. The second-order valence-electron chi connectivity index (χ2n) is 4.97. The third-order valence-corrected chi connectivity index (χ3v) is 3.66. The van der Waals surface area contributed by atoms with Crippen molar-refractivity contribution in [2.45, 2.75) is 19.9 Å². The number of thiocarbonyl (C=S) groups is 1. The third kappa shape index (κ3) is 4.53. The van der Waals surface area contributed by atoms with Crippen molar-refractivity contribution in [1.82, 2.24) is 4.90 Å². The van der Waals surface area contributed by atoms with Crippen LogP contribution in [0, 0.1) is 5.82 Å². The summed E-state index contributed by atoms with van der Waals surface area (Å²) in [5.41, 5.74) is 3.13. The lowest BCUT2D eigenvalue weighted by atomic mass is 10.1. The van der Waals surface area contributed by atoms with Crippen molar-refractivity contribution in [2.24, 2.45) is 0 Å². The monoisotopic (exact) mass is 302 g/mol. The highest BCUT2D eigenvalue weighted by molar-refractivity contribution is 7.80. The predicted molar refractivity (Wildman–Crippen MR) is 89.9 cm³/mol. The van der Waals surface area contributed by atoms with E-state index in [1.807, 2.05) is 30.1 Å². The van der Waals surface area contributed by atoms with Crippen molar-refractivity contribution >= 4 is 23.0 Å². The van der Waals surface area contributed by atoms with Gasteiger partial charge in [-0.1, -0.05) is 31.2 Å². The summed E-state index contributed by atoms with van der Waals surface area (Å²) in [6.45, 7) is 2.69. The Balaban J connectivity index is 1.99. The number of anilines is 1. The number of aryl methyl sites for hydroxylation is 1. The number of halogens is 1. The molecule has 0 aliphatic carbocycles. The van der Waals surface area contributed by atoms with Gasteiger partial charge < -0.3 is 10.2 Å². The average molecular weight is 302 g/mol. The lowest BCUT2D eigenvalue weighted by molar-refractivity contribution is 0.505. The Bertz CT molecular complexity index is 628. The fourth-order valence-electron chi connectivity index (χ4n) is 2.07. The zero-order valence-corrected chi connectivity index (χ0v) is 13.1. The molecular weight excluding hydrogens is 283 g/mol. The molecule has 1 N–H and O–H groups in total. The molecule has 0 fully saturated rings. The molecule has 0 atom stereocenters. The Morgan fingerprint density at radius 3 is 2.57 bits per heavy atom. The highest BCUT2D eigenvalue weighted by Crippen LogP contribution is 2.13. The Morgan fingerprint density at radius 2 is 1.86 bits per heavy atom. The largest absolute Gasteiger partial charge is 0.348 e. The zero-order chi connectivity index (χ0) is 15.2. The van der Waals surface area contributed by atoms with E-state index in [0.717, 1.165) is 17.7 Å². The van der Waals surface area contributed by atoms with Crippen molar-refractivity contribution < 1.29 is 4.39 Å². The van der Waals surface area contributed by atoms with Gasteiger partial charge in [-0.15, -0.1) is 0 Å². The van der Waals surface area contributed by atoms with E-state index in [1.54, 1.807) is 6.07 Å². The molecule has 0 bridgehead atoms. The molecule has 0 aliphatic heterocycles. The van der Waals surface area contributed by atoms with Crippen molar-refractivity contribution in [3.05, 3.63) is 65.5 Å². The lowest BCUT2D eigenvalue weighted by Gasteiger charge is -2.21. The van der Waals surface area contributed by atoms with Gasteiger partial charge in [0.25, 0.3) is 0 Å². The van der Waals surface area contributed by atoms with Gasteiger partial charge in [0.1, 0.15) is 5.82 Å². The molecule has 2 rings (SSSR count). The Hall–Kier alpha value is -1.94. The molecule has 0 spiro atoms. The van der Waals surface area contributed by atoms with E-state index in [4.69, 9.17) is 12.2 Å². The van der Waals surface area contributed by atoms with Crippen LogP contribution < -0.4 is 5.32 Å². The number of hydrogen-bond acceptors (Lipinski definition) is 1. The van der Waals surface area contributed by atoms with E-state index in [1.165, 1.54) is 17.7 Å². The van der Waals surface area contributed by atoms with Crippen LogP contribution in [0.15, 0.2) is 48.5 Å². The molecule has 0 amide bonds. The molecule has 0 aliphatic rings. The SMILES string of the molecule is CCc1cccc(NC(=S)N(C)Cc2cccc(F)c2)c1. The Morgan fingerprint density at radius 1 is 1.14 bits per heavy atom. The van der Waals surface area contributed by atoms with Crippen LogP contribution in [0.4, 0.5) is 10.1 Å². The summed E-state index contributed by atoms with van der Waals surface area (Å²) in [4.78, 5) is 1.89. The van der Waals surface area contributed by atoms with Crippen LogP contribution in [-0.4, -0.2) is 17.1 Å². The normalized spacial score (nSPS) is 10.2. The van der Waals surface area contributed by atoms with E-state index in [2.05, 4.69) is 24.4 Å². The standard InChI is InChI=1S/C17H19FN2S/c1-3-13-6-5-9-16(11-13)19-17(21)20(2)12-14-7-4-8-15(18)10-14/h4-11H,3,12H2,1-2H3,(H,19,21). The van der Waals surface area contributed by atoms with Gasteiger partial charge >= 0.3 is 0 Å². The average Bonchev–Trinajstić information content (AvgIpc) is 2.47. The topological polar surface area (TPSA) is 15.3 Å². The lowest BCUT2D eigenvalue weighted by Crippen LogP contribution is -2.30. The summed E-state index contributed by atoms with van der Waals surface area (Å²) in [6, 6.07) is 14.7. The molecule has 0 saturated carbocycles. The van der Waals surface area contributed by atoms with Crippen molar-refractivity contribution in [3.63, 3.8) is 0 Å². The first-order valence-electron chi connectivity index (χ1n) is 6.94. The molecule has 21 heavy (non-hydrogen) atoms. The highest BCUT2D eigenvalue weighted by atomic mass is 32.1. The minimum Gasteiger partial charge on any atom is -0.348 e. The second-order valence-corrected chi connectivity index (χ2v) is 5.36. The molecule has 2 nitrogen and oxygen atoms in total. The second kappa shape index (κ2) is 7.18. The fourth-order valence-corrected chi connectivity index (χ4v) is 2.25. The third-order valence-electron chi connectivity index (χ3n) is 3.24. The Labute approximate surface area is 130 Å². The van der Waals surface area contributed by atoms with Gasteiger partial charge in [-0.25, -0.2) is 4.39 Å². The molecule has 0 unspecified atom stereocenters. The van der Waals surface area contributed by atoms with E-state index in [-0.39, 0.29) is 5.82 Å². The maximum Gasteiger partial charge on any atom is 0.173 e. The maximum atomic E-state index is 13.2. The predicted octanol–water partition coefficient (Wildman–Crippen LogP) is 4.22. The number of nitrogens with one attached hydrogen (secondary N) is 1. The molecule has 0 saturated heterocycles. The van der Waals surface area contributed by atoms with Gasteiger partial charge in [0, 0.05) is 19.3 Å². The van der Waals surface area contributed by atoms with Gasteiger partial charge in [-0.05, 0) is 54.0 Å². The van der Waals surface area contributed by atoms with Crippen LogP contribution >= 0.6 is 12.2 Å². The molecule has 4 heteroatoms. The summed E-state index contributed by atoms with van der Waals surface area (Å²) < 4.78 is 13.2. The first kappa shape index (κ1) is 15.4. The summed E-state index contributed by atoms with van der Waals surface area (Å²) in [5, 5.41) is 3.83. The van der Waals surface area contributed by atoms with Crippen LogP contribution in [0.5, 0.6) is 0 Å². The summed E-state index contributed by atoms with van der Waals surface area (Å²) in [6.07, 6.45) is 0.988. The van der Waals surface area contributed by atoms with Crippen LogP contribution in [-0.2, 0) is 13.0 Å². The van der Waals surface area contributed by atoms with Crippen molar-refractivity contribution in [1.29, 1.82) is 0 Å².